The van der Waals surface area contributed by atoms with E-state index in [9.17, 15) is 4.79 Å². The SMILES string of the molecule is CCc1ccccc1NC(=O)CCN(C)c1ncnc2sc(-c3ccccc3)cc12. The highest BCUT2D eigenvalue weighted by molar-refractivity contribution is 7.21. The quantitative estimate of drug-likeness (QED) is 0.439. The van der Waals surface area contributed by atoms with Crippen molar-refractivity contribution in [1.82, 2.24) is 9.97 Å². The van der Waals surface area contributed by atoms with Crippen LogP contribution in [0.15, 0.2) is 67.0 Å². The maximum absolute atomic E-state index is 12.5. The molecule has 0 spiro atoms. The second kappa shape index (κ2) is 9.05. The highest BCUT2D eigenvalue weighted by atomic mass is 32.1. The minimum absolute atomic E-state index is 0.00310. The van der Waals surface area contributed by atoms with Crippen LogP contribution in [0.2, 0.25) is 0 Å². The molecule has 5 nitrogen and oxygen atoms in total. The number of para-hydroxylation sites is 1. The normalized spacial score (nSPS) is 10.9. The van der Waals surface area contributed by atoms with Crippen molar-refractivity contribution in [2.24, 2.45) is 0 Å². The van der Waals surface area contributed by atoms with Gasteiger partial charge in [0.05, 0.1) is 5.39 Å². The van der Waals surface area contributed by atoms with E-state index in [4.69, 9.17) is 0 Å². The second-order valence-corrected chi connectivity index (χ2v) is 8.15. The van der Waals surface area contributed by atoms with E-state index in [0.29, 0.717) is 13.0 Å². The van der Waals surface area contributed by atoms with Gasteiger partial charge in [0.2, 0.25) is 5.91 Å². The zero-order chi connectivity index (χ0) is 20.9. The topological polar surface area (TPSA) is 58.1 Å². The van der Waals surface area contributed by atoms with Crippen LogP contribution in [0.1, 0.15) is 18.9 Å². The van der Waals surface area contributed by atoms with Crippen LogP contribution in [0.3, 0.4) is 0 Å². The number of anilines is 2. The standard InChI is InChI=1S/C24H24N4OS/c1-3-17-9-7-8-12-20(17)27-22(29)13-14-28(2)23-19-15-21(18-10-5-4-6-11-18)30-24(19)26-16-25-23/h4-12,15-16H,3,13-14H2,1-2H3,(H,27,29). The molecule has 2 heterocycles. The Morgan fingerprint density at radius 3 is 2.63 bits per heavy atom. The zero-order valence-electron chi connectivity index (χ0n) is 17.1. The summed E-state index contributed by atoms with van der Waals surface area (Å²) in [6, 6.07) is 20.3. The van der Waals surface area contributed by atoms with E-state index in [-0.39, 0.29) is 5.91 Å². The molecule has 6 heteroatoms. The molecule has 2 aromatic carbocycles. The van der Waals surface area contributed by atoms with E-state index < -0.39 is 0 Å². The van der Waals surface area contributed by atoms with Gasteiger partial charge >= 0.3 is 0 Å². The van der Waals surface area contributed by atoms with Crippen molar-refractivity contribution in [3.05, 3.63) is 72.6 Å². The van der Waals surface area contributed by atoms with Crippen molar-refractivity contribution in [2.75, 3.05) is 23.8 Å². The van der Waals surface area contributed by atoms with Crippen LogP contribution in [0.5, 0.6) is 0 Å². The van der Waals surface area contributed by atoms with Crippen LogP contribution >= 0.6 is 11.3 Å². The summed E-state index contributed by atoms with van der Waals surface area (Å²) in [5, 5.41) is 4.05. The van der Waals surface area contributed by atoms with E-state index in [1.54, 1.807) is 17.7 Å². The lowest BCUT2D eigenvalue weighted by Gasteiger charge is -2.18. The molecule has 0 bridgehead atoms. The van der Waals surface area contributed by atoms with Crippen molar-refractivity contribution < 1.29 is 4.79 Å². The fourth-order valence-corrected chi connectivity index (χ4v) is 4.43. The molecule has 0 atom stereocenters. The van der Waals surface area contributed by atoms with Gasteiger partial charge in [-0.3, -0.25) is 4.79 Å². The Bertz CT molecular complexity index is 1160. The zero-order valence-corrected chi connectivity index (χ0v) is 17.9. The summed E-state index contributed by atoms with van der Waals surface area (Å²) < 4.78 is 0. The van der Waals surface area contributed by atoms with Crippen LogP contribution < -0.4 is 10.2 Å². The van der Waals surface area contributed by atoms with Gasteiger partial charge in [-0.05, 0) is 29.7 Å². The van der Waals surface area contributed by atoms with Gasteiger partial charge in [-0.2, -0.15) is 0 Å². The van der Waals surface area contributed by atoms with Gasteiger partial charge < -0.3 is 10.2 Å². The number of hydrogen-bond donors (Lipinski definition) is 1. The van der Waals surface area contributed by atoms with E-state index >= 15 is 0 Å². The first-order chi connectivity index (χ1) is 14.7. The lowest BCUT2D eigenvalue weighted by molar-refractivity contribution is -0.116. The number of amides is 1. The molecular formula is C24H24N4OS. The van der Waals surface area contributed by atoms with Crippen LogP contribution in [0.4, 0.5) is 11.5 Å². The molecule has 152 valence electrons. The summed E-state index contributed by atoms with van der Waals surface area (Å²) in [5.41, 5.74) is 3.20. The number of aryl methyl sites for hydroxylation is 1. The Hall–Kier alpha value is -3.25. The summed E-state index contributed by atoms with van der Waals surface area (Å²) in [6.07, 6.45) is 2.86. The first kappa shape index (κ1) is 20.0. The molecule has 0 saturated heterocycles. The average Bonchev–Trinajstić information content (AvgIpc) is 3.23. The van der Waals surface area contributed by atoms with E-state index in [1.807, 2.05) is 54.4 Å². The van der Waals surface area contributed by atoms with Gasteiger partial charge in [0.15, 0.2) is 0 Å². The molecule has 30 heavy (non-hydrogen) atoms. The van der Waals surface area contributed by atoms with Crippen molar-refractivity contribution >= 4 is 39.0 Å². The van der Waals surface area contributed by atoms with Gasteiger partial charge in [-0.15, -0.1) is 11.3 Å². The van der Waals surface area contributed by atoms with E-state index in [1.165, 1.54) is 5.56 Å². The third kappa shape index (κ3) is 4.33. The Morgan fingerprint density at radius 1 is 1.07 bits per heavy atom. The molecule has 4 rings (SSSR count). The average molecular weight is 417 g/mol. The molecule has 0 aliphatic carbocycles. The Labute approximate surface area is 180 Å². The molecule has 0 saturated carbocycles. The number of fused-ring (bicyclic) bond motifs is 1. The summed E-state index contributed by atoms with van der Waals surface area (Å²) in [6.45, 7) is 2.66. The van der Waals surface area contributed by atoms with E-state index in [0.717, 1.165) is 38.6 Å². The number of benzene rings is 2. The summed E-state index contributed by atoms with van der Waals surface area (Å²) >= 11 is 1.66. The van der Waals surface area contributed by atoms with Crippen molar-refractivity contribution in [3.63, 3.8) is 0 Å². The molecular weight excluding hydrogens is 392 g/mol. The minimum Gasteiger partial charge on any atom is -0.359 e. The summed E-state index contributed by atoms with van der Waals surface area (Å²) in [7, 11) is 1.97. The number of nitrogens with one attached hydrogen (secondary N) is 1. The smallest absolute Gasteiger partial charge is 0.226 e. The number of rotatable bonds is 7. The lowest BCUT2D eigenvalue weighted by atomic mass is 10.1. The molecule has 1 amide bonds. The third-order valence-corrected chi connectivity index (χ3v) is 6.17. The minimum atomic E-state index is 0.00310. The summed E-state index contributed by atoms with van der Waals surface area (Å²) in [4.78, 5) is 25.6. The lowest BCUT2D eigenvalue weighted by Crippen LogP contribution is -2.25. The van der Waals surface area contributed by atoms with Gasteiger partial charge in [0.1, 0.15) is 17.0 Å². The largest absolute Gasteiger partial charge is 0.359 e. The molecule has 0 fully saturated rings. The third-order valence-electron chi connectivity index (χ3n) is 5.07. The van der Waals surface area contributed by atoms with Crippen molar-refractivity contribution in [2.45, 2.75) is 19.8 Å². The van der Waals surface area contributed by atoms with Gasteiger partial charge in [-0.1, -0.05) is 55.5 Å². The van der Waals surface area contributed by atoms with Gasteiger partial charge in [0, 0.05) is 30.6 Å². The highest BCUT2D eigenvalue weighted by Crippen LogP contribution is 2.35. The maximum Gasteiger partial charge on any atom is 0.226 e. The number of carbonyl (C=O) groups is 1. The Balaban J connectivity index is 1.47. The fourth-order valence-electron chi connectivity index (χ4n) is 3.43. The highest BCUT2D eigenvalue weighted by Gasteiger charge is 2.14. The predicted molar refractivity (Wildman–Crippen MR) is 125 cm³/mol. The molecule has 0 radical (unpaired) electrons. The van der Waals surface area contributed by atoms with Crippen LogP contribution in [-0.2, 0) is 11.2 Å². The maximum atomic E-state index is 12.5. The van der Waals surface area contributed by atoms with E-state index in [2.05, 4.69) is 40.4 Å². The Kier molecular flexibility index (Phi) is 6.05. The number of hydrogen-bond acceptors (Lipinski definition) is 5. The number of nitrogens with zero attached hydrogens (tertiary/aromatic N) is 3. The first-order valence-corrected chi connectivity index (χ1v) is 10.9. The van der Waals surface area contributed by atoms with Crippen molar-refractivity contribution in [3.8, 4) is 10.4 Å². The molecule has 2 aromatic heterocycles. The predicted octanol–water partition coefficient (Wildman–Crippen LogP) is 5.39. The second-order valence-electron chi connectivity index (χ2n) is 7.12. The molecule has 4 aromatic rings. The summed E-state index contributed by atoms with van der Waals surface area (Å²) in [5.74, 6) is 0.850. The molecule has 0 aliphatic rings. The Morgan fingerprint density at radius 2 is 1.83 bits per heavy atom. The molecule has 0 aliphatic heterocycles. The fraction of sp³-hybridized carbons (Fsp3) is 0.208. The number of thiophene rings is 1. The molecule has 0 unspecified atom stereocenters. The van der Waals surface area contributed by atoms with Crippen LogP contribution in [-0.4, -0.2) is 29.5 Å². The first-order valence-electron chi connectivity index (χ1n) is 10.0. The molecule has 1 N–H and O–H groups in total. The number of carbonyl (C=O) groups excluding carboxylic acids is 1. The van der Waals surface area contributed by atoms with Gasteiger partial charge in [0.25, 0.3) is 0 Å². The van der Waals surface area contributed by atoms with Crippen LogP contribution in [0, 0.1) is 0 Å². The monoisotopic (exact) mass is 416 g/mol. The number of aromatic nitrogens is 2. The van der Waals surface area contributed by atoms with Crippen LogP contribution in [0.25, 0.3) is 20.7 Å². The van der Waals surface area contributed by atoms with Gasteiger partial charge in [-0.25, -0.2) is 9.97 Å². The van der Waals surface area contributed by atoms with Crippen molar-refractivity contribution in [1.29, 1.82) is 0 Å².